The zero-order valence-electron chi connectivity index (χ0n) is 8.27. The number of hydrogen-bond acceptors (Lipinski definition) is 1. The lowest BCUT2D eigenvalue weighted by Gasteiger charge is -2.16. The maximum Gasteiger partial charge on any atom is 0.0459 e. The number of fused-ring (bicyclic) bond motifs is 1. The minimum atomic E-state index is 1.18. The van der Waals surface area contributed by atoms with Crippen LogP contribution in [0, 0.1) is 0 Å². The Labute approximate surface area is 89.1 Å². The molecule has 0 fully saturated rings. The van der Waals surface area contributed by atoms with E-state index in [0.29, 0.717) is 0 Å². The van der Waals surface area contributed by atoms with Crippen molar-refractivity contribution in [2.45, 2.75) is 0 Å². The summed E-state index contributed by atoms with van der Waals surface area (Å²) in [5.74, 6) is 0. The third-order valence-corrected chi connectivity index (χ3v) is 2.68. The van der Waals surface area contributed by atoms with E-state index in [-0.39, 0.29) is 0 Å². The summed E-state index contributed by atoms with van der Waals surface area (Å²) in [6.07, 6.45) is 12.5. The topological polar surface area (TPSA) is 12.0 Å². The second kappa shape index (κ2) is 3.28. The van der Waals surface area contributed by atoms with Crippen LogP contribution >= 0.6 is 0 Å². The standard InChI is InChI=1S/C14H11N/c1-2-6-11(5-1)12-9-10-15-14-8-4-3-7-13(12)14/h1-10,15H. The Morgan fingerprint density at radius 3 is 2.53 bits per heavy atom. The fourth-order valence-electron chi connectivity index (χ4n) is 1.95. The van der Waals surface area contributed by atoms with Gasteiger partial charge in [-0.05, 0) is 23.3 Å². The smallest absolute Gasteiger partial charge is 0.0459 e. The van der Waals surface area contributed by atoms with Crippen molar-refractivity contribution in [3.8, 4) is 0 Å². The molecule has 1 aromatic rings. The highest BCUT2D eigenvalue weighted by Gasteiger charge is 2.11. The molecule has 3 rings (SSSR count). The lowest BCUT2D eigenvalue weighted by atomic mass is 9.97. The van der Waals surface area contributed by atoms with E-state index in [1.54, 1.807) is 0 Å². The molecule has 15 heavy (non-hydrogen) atoms. The Balaban J connectivity index is 2.23. The summed E-state index contributed by atoms with van der Waals surface area (Å²) in [5.41, 5.74) is 5.01. The Kier molecular flexibility index (Phi) is 1.82. The molecule has 1 N–H and O–H groups in total. The molecule has 0 saturated carbocycles. The van der Waals surface area contributed by atoms with Crippen molar-refractivity contribution < 1.29 is 0 Å². The molecule has 0 saturated heterocycles. The van der Waals surface area contributed by atoms with Crippen molar-refractivity contribution in [2.24, 2.45) is 0 Å². The number of rotatable bonds is 0. The number of anilines is 1. The number of benzene rings is 1. The van der Waals surface area contributed by atoms with Crippen LogP contribution in [-0.4, -0.2) is 0 Å². The second-order valence-electron chi connectivity index (χ2n) is 3.61. The van der Waals surface area contributed by atoms with Crippen LogP contribution in [0.15, 0.2) is 66.4 Å². The molecule has 0 aromatic heterocycles. The third kappa shape index (κ3) is 1.33. The van der Waals surface area contributed by atoms with Crippen molar-refractivity contribution in [1.82, 2.24) is 0 Å². The fraction of sp³-hybridized carbons (Fsp3) is 0. The predicted molar refractivity (Wildman–Crippen MR) is 64.4 cm³/mol. The average Bonchev–Trinajstić information content (AvgIpc) is 2.82. The SMILES string of the molecule is C1=CC(=C2C=CNc3ccccc32)C=C1. The molecule has 2 aliphatic rings. The molecule has 0 bridgehead atoms. The zero-order chi connectivity index (χ0) is 10.1. The molecule has 0 unspecified atom stereocenters. The Morgan fingerprint density at radius 2 is 1.67 bits per heavy atom. The van der Waals surface area contributed by atoms with E-state index in [1.807, 2.05) is 12.3 Å². The Hall–Kier alpha value is -2.02. The first-order valence-corrected chi connectivity index (χ1v) is 5.07. The van der Waals surface area contributed by atoms with Crippen LogP contribution < -0.4 is 5.32 Å². The summed E-state index contributed by atoms with van der Waals surface area (Å²) in [5, 5.41) is 3.25. The van der Waals surface area contributed by atoms with Crippen LogP contribution in [0.1, 0.15) is 5.56 Å². The van der Waals surface area contributed by atoms with Gasteiger partial charge in [-0.25, -0.2) is 0 Å². The van der Waals surface area contributed by atoms with Crippen LogP contribution in [0.4, 0.5) is 5.69 Å². The highest BCUT2D eigenvalue weighted by molar-refractivity contribution is 5.89. The van der Waals surface area contributed by atoms with Crippen LogP contribution in [0.2, 0.25) is 0 Å². The molecule has 0 atom stereocenters. The van der Waals surface area contributed by atoms with Gasteiger partial charge in [-0.1, -0.05) is 42.5 Å². The summed E-state index contributed by atoms with van der Waals surface area (Å²) in [4.78, 5) is 0. The zero-order valence-corrected chi connectivity index (χ0v) is 8.27. The number of nitrogens with one attached hydrogen (secondary N) is 1. The minimum Gasteiger partial charge on any atom is -0.361 e. The van der Waals surface area contributed by atoms with E-state index in [4.69, 9.17) is 0 Å². The monoisotopic (exact) mass is 193 g/mol. The van der Waals surface area contributed by atoms with Crippen LogP contribution in [-0.2, 0) is 0 Å². The van der Waals surface area contributed by atoms with Gasteiger partial charge in [0.25, 0.3) is 0 Å². The molecule has 1 aliphatic carbocycles. The molecule has 72 valence electrons. The average molecular weight is 193 g/mol. The molecule has 0 radical (unpaired) electrons. The number of hydrogen-bond donors (Lipinski definition) is 1. The lowest BCUT2D eigenvalue weighted by molar-refractivity contribution is 1.48. The first kappa shape index (κ1) is 8.30. The van der Waals surface area contributed by atoms with E-state index < -0.39 is 0 Å². The van der Waals surface area contributed by atoms with Crippen molar-refractivity contribution in [2.75, 3.05) is 5.32 Å². The summed E-state index contributed by atoms with van der Waals surface area (Å²) in [6.45, 7) is 0. The summed E-state index contributed by atoms with van der Waals surface area (Å²) in [6, 6.07) is 8.37. The molecule has 0 spiro atoms. The van der Waals surface area contributed by atoms with Crippen LogP contribution in [0.5, 0.6) is 0 Å². The van der Waals surface area contributed by atoms with E-state index >= 15 is 0 Å². The molecule has 0 amide bonds. The molecule has 1 nitrogen and oxygen atoms in total. The summed E-state index contributed by atoms with van der Waals surface area (Å²) >= 11 is 0. The highest BCUT2D eigenvalue weighted by atomic mass is 14.8. The van der Waals surface area contributed by atoms with Crippen LogP contribution in [0.3, 0.4) is 0 Å². The molecular formula is C14H11N. The third-order valence-electron chi connectivity index (χ3n) is 2.68. The maximum absolute atomic E-state index is 3.25. The van der Waals surface area contributed by atoms with Gasteiger partial charge < -0.3 is 5.32 Å². The second-order valence-corrected chi connectivity index (χ2v) is 3.61. The normalized spacial score (nSPS) is 16.8. The van der Waals surface area contributed by atoms with E-state index in [2.05, 4.69) is 53.9 Å². The van der Waals surface area contributed by atoms with Gasteiger partial charge in [0.2, 0.25) is 0 Å². The maximum atomic E-state index is 3.25. The largest absolute Gasteiger partial charge is 0.361 e. The van der Waals surface area contributed by atoms with Gasteiger partial charge in [0.05, 0.1) is 0 Å². The lowest BCUT2D eigenvalue weighted by Crippen LogP contribution is -1.99. The van der Waals surface area contributed by atoms with Gasteiger partial charge in [0.1, 0.15) is 0 Å². The van der Waals surface area contributed by atoms with E-state index in [0.717, 1.165) is 0 Å². The number of para-hydroxylation sites is 1. The molecular weight excluding hydrogens is 182 g/mol. The molecule has 1 aliphatic heterocycles. The minimum absolute atomic E-state index is 1.18. The van der Waals surface area contributed by atoms with Crippen molar-refractivity contribution in [3.63, 3.8) is 0 Å². The predicted octanol–water partition coefficient (Wildman–Crippen LogP) is 3.51. The van der Waals surface area contributed by atoms with Gasteiger partial charge >= 0.3 is 0 Å². The first-order valence-electron chi connectivity index (χ1n) is 5.07. The van der Waals surface area contributed by atoms with Gasteiger partial charge in [-0.3, -0.25) is 0 Å². The Morgan fingerprint density at radius 1 is 0.867 bits per heavy atom. The fourth-order valence-corrected chi connectivity index (χ4v) is 1.95. The molecule has 1 aromatic carbocycles. The van der Waals surface area contributed by atoms with Crippen molar-refractivity contribution in [1.29, 1.82) is 0 Å². The number of allylic oxidation sites excluding steroid dienone is 7. The van der Waals surface area contributed by atoms with Gasteiger partial charge in [0.15, 0.2) is 0 Å². The van der Waals surface area contributed by atoms with Crippen molar-refractivity contribution in [3.05, 3.63) is 72.0 Å². The van der Waals surface area contributed by atoms with Gasteiger partial charge in [-0.2, -0.15) is 0 Å². The van der Waals surface area contributed by atoms with Crippen molar-refractivity contribution >= 4 is 11.3 Å². The molecule has 1 heteroatoms. The Bertz CT molecular complexity index is 502. The van der Waals surface area contributed by atoms with Gasteiger partial charge in [-0.15, -0.1) is 0 Å². The van der Waals surface area contributed by atoms with Gasteiger partial charge in [0, 0.05) is 17.5 Å². The first-order chi connectivity index (χ1) is 7.45. The summed E-state index contributed by atoms with van der Waals surface area (Å²) < 4.78 is 0. The van der Waals surface area contributed by atoms with E-state index in [1.165, 1.54) is 22.4 Å². The van der Waals surface area contributed by atoms with E-state index in [9.17, 15) is 0 Å². The van der Waals surface area contributed by atoms with Crippen LogP contribution in [0.25, 0.3) is 5.57 Å². The summed E-state index contributed by atoms with van der Waals surface area (Å²) in [7, 11) is 0. The highest BCUT2D eigenvalue weighted by Crippen LogP contribution is 2.32. The quantitative estimate of drug-likeness (QED) is 0.665. The molecule has 1 heterocycles.